The van der Waals surface area contributed by atoms with Gasteiger partial charge in [0.2, 0.25) is 0 Å². The van der Waals surface area contributed by atoms with Crippen LogP contribution < -0.4 is 5.69 Å². The fourth-order valence-corrected chi connectivity index (χ4v) is 0.207. The highest BCUT2D eigenvalue weighted by Crippen LogP contribution is 1.37. The first-order valence-corrected chi connectivity index (χ1v) is 1.45. The third kappa shape index (κ3) is 0.279. The van der Waals surface area contributed by atoms with Crippen molar-refractivity contribution < 1.29 is 0 Å². The molecule has 3 nitrogen and oxygen atoms in total. The van der Waals surface area contributed by atoms with Crippen LogP contribution in [0.1, 0.15) is 0 Å². The Kier molecular flexibility index (Phi) is 0.457. The number of rotatable bonds is 0. The summed E-state index contributed by atoms with van der Waals surface area (Å²) in [4.78, 5) is 14.3. The van der Waals surface area contributed by atoms with Gasteiger partial charge in [-0.1, -0.05) is 0 Å². The Morgan fingerprint density at radius 3 is 2.00 bits per heavy atom. The number of H-pyrrole nitrogens is 2. The van der Waals surface area contributed by atoms with Crippen LogP contribution in [0, 0.1) is 12.4 Å². The molecular weight excluding hydrogens is 80.0 g/mol. The van der Waals surface area contributed by atoms with Gasteiger partial charge in [-0.2, -0.15) is 0 Å². The van der Waals surface area contributed by atoms with Gasteiger partial charge in [0.15, 0.2) is 0 Å². The molecule has 0 atom stereocenters. The molecule has 6 heavy (non-hydrogen) atoms. The molecule has 0 aromatic carbocycles. The van der Waals surface area contributed by atoms with Gasteiger partial charge < -0.3 is 0 Å². The van der Waals surface area contributed by atoms with E-state index in [0.717, 1.165) is 0 Å². The lowest BCUT2D eigenvalue weighted by molar-refractivity contribution is 1.17. The molecule has 0 aliphatic carbocycles. The van der Waals surface area contributed by atoms with Crippen LogP contribution in [0.3, 0.4) is 0 Å². The van der Waals surface area contributed by atoms with Crippen LogP contribution in [0.15, 0.2) is 4.79 Å². The van der Waals surface area contributed by atoms with Crippen molar-refractivity contribution in [3.63, 3.8) is 0 Å². The summed E-state index contributed by atoms with van der Waals surface area (Å²) in [6.45, 7) is 0. The van der Waals surface area contributed by atoms with Gasteiger partial charge in [0.1, 0.15) is 0 Å². The van der Waals surface area contributed by atoms with Gasteiger partial charge in [0.05, 0.1) is 0 Å². The molecule has 1 aromatic rings. The monoisotopic (exact) mass is 82.0 g/mol. The topological polar surface area (TPSA) is 48.6 Å². The lowest BCUT2D eigenvalue weighted by Gasteiger charge is -1.50. The van der Waals surface area contributed by atoms with E-state index in [1.807, 2.05) is 0 Å². The Bertz CT molecular complexity index is 147. The van der Waals surface area contributed by atoms with E-state index in [0.29, 0.717) is 0 Å². The maximum atomic E-state index is 9.90. The third-order valence-corrected chi connectivity index (χ3v) is 0.415. The van der Waals surface area contributed by atoms with E-state index in [2.05, 4.69) is 22.4 Å². The molecule has 0 amide bonds. The summed E-state index contributed by atoms with van der Waals surface area (Å²) in [6, 6.07) is 0. The summed E-state index contributed by atoms with van der Waals surface area (Å²) < 4.78 is 0. The smallest absolute Gasteiger partial charge is 0.264 e. The number of aromatic nitrogens is 2. The molecule has 0 aliphatic heterocycles. The molecule has 0 saturated heterocycles. The van der Waals surface area contributed by atoms with E-state index in [-0.39, 0.29) is 5.69 Å². The fraction of sp³-hybridized carbons (Fsp3) is 0. The average Bonchev–Trinajstić information content (AvgIpc) is 1.86. The summed E-state index contributed by atoms with van der Waals surface area (Å²) in [6.07, 6.45) is 4.62. The molecule has 0 fully saturated rings. The quantitative estimate of drug-likeness (QED) is 0.427. The van der Waals surface area contributed by atoms with Gasteiger partial charge in [-0.15, -0.1) is 0 Å². The van der Waals surface area contributed by atoms with Crippen molar-refractivity contribution in [2.24, 2.45) is 0 Å². The van der Waals surface area contributed by atoms with Gasteiger partial charge in [0.25, 0.3) is 0 Å². The standard InChI is InChI=1S/C3H2N2O/c6-3-4-1-2-5-3/h(H2,4,5,6). The van der Waals surface area contributed by atoms with E-state index < -0.39 is 0 Å². The molecule has 0 unspecified atom stereocenters. The minimum Gasteiger partial charge on any atom is -0.264 e. The van der Waals surface area contributed by atoms with E-state index in [1.165, 1.54) is 0 Å². The second-order valence-electron chi connectivity index (χ2n) is 0.829. The second kappa shape index (κ2) is 0.902. The summed E-state index contributed by atoms with van der Waals surface area (Å²) in [5, 5.41) is 0. The van der Waals surface area contributed by atoms with Crippen molar-refractivity contribution in [2.75, 3.05) is 0 Å². The Morgan fingerprint density at radius 2 is 1.83 bits per heavy atom. The number of hydrogen-bond donors (Lipinski definition) is 2. The molecule has 1 heterocycles. The summed E-state index contributed by atoms with van der Waals surface area (Å²) in [5.74, 6) is 0. The zero-order valence-corrected chi connectivity index (χ0v) is 2.91. The van der Waals surface area contributed by atoms with Crippen LogP contribution in [-0.4, -0.2) is 9.97 Å². The summed E-state index contributed by atoms with van der Waals surface area (Å²) in [5.41, 5.74) is -0.269. The molecule has 0 bridgehead atoms. The minimum atomic E-state index is -0.269. The van der Waals surface area contributed by atoms with Crippen LogP contribution in [-0.2, 0) is 0 Å². The Balaban J connectivity index is 3.41. The van der Waals surface area contributed by atoms with Gasteiger partial charge >= 0.3 is 5.69 Å². The molecule has 1 aromatic heterocycles. The van der Waals surface area contributed by atoms with E-state index in [4.69, 9.17) is 0 Å². The molecule has 0 spiro atoms. The van der Waals surface area contributed by atoms with Crippen molar-refractivity contribution >= 4 is 0 Å². The van der Waals surface area contributed by atoms with Crippen LogP contribution in [0.4, 0.5) is 0 Å². The van der Waals surface area contributed by atoms with Crippen molar-refractivity contribution in [3.8, 4) is 0 Å². The molecule has 0 saturated carbocycles. The van der Waals surface area contributed by atoms with Crippen molar-refractivity contribution in [1.29, 1.82) is 0 Å². The molecule has 2 N–H and O–H groups in total. The average molecular weight is 82.1 g/mol. The SMILES string of the molecule is O=c1[nH]c#c[nH]1. The fourth-order valence-electron chi connectivity index (χ4n) is 0.207. The predicted molar refractivity (Wildman–Crippen MR) is 19.1 cm³/mol. The number of aromatic amines is 2. The largest absolute Gasteiger partial charge is 0.338 e. The summed E-state index contributed by atoms with van der Waals surface area (Å²) in [7, 11) is 0. The normalized spacial score (nSPS) is 7.33. The maximum absolute atomic E-state index is 9.90. The second-order valence-corrected chi connectivity index (χ2v) is 0.829. The zero-order chi connectivity index (χ0) is 4.41. The molecule has 3 heteroatoms. The van der Waals surface area contributed by atoms with Gasteiger partial charge in [-0.3, -0.25) is 9.97 Å². The first kappa shape index (κ1) is 3.04. The zero-order valence-electron chi connectivity index (χ0n) is 2.91. The lowest BCUT2D eigenvalue weighted by Crippen LogP contribution is -1.99. The van der Waals surface area contributed by atoms with Crippen LogP contribution in [0.25, 0.3) is 0 Å². The first-order chi connectivity index (χ1) is 2.89. The predicted octanol–water partition coefficient (Wildman–Crippen LogP) is -0.697. The molecule has 0 radical (unpaired) electrons. The van der Waals surface area contributed by atoms with Crippen molar-refractivity contribution in [1.82, 2.24) is 9.97 Å². The van der Waals surface area contributed by atoms with Crippen LogP contribution >= 0.6 is 0 Å². The highest BCUT2D eigenvalue weighted by atomic mass is 16.1. The number of nitrogens with one attached hydrogen (secondary N) is 2. The molecule has 0 aliphatic rings. The van der Waals surface area contributed by atoms with Crippen molar-refractivity contribution in [2.45, 2.75) is 0 Å². The highest BCUT2D eigenvalue weighted by molar-refractivity contribution is 4.51. The van der Waals surface area contributed by atoms with Crippen LogP contribution in [0.2, 0.25) is 0 Å². The minimum absolute atomic E-state index is 0.269. The highest BCUT2D eigenvalue weighted by Gasteiger charge is 1.65. The third-order valence-electron chi connectivity index (χ3n) is 0.415. The van der Waals surface area contributed by atoms with E-state index >= 15 is 0 Å². The van der Waals surface area contributed by atoms with Gasteiger partial charge in [-0.25, -0.2) is 4.79 Å². The molecule has 1 rings (SSSR count). The molecule has 30 valence electrons. The molecular formula is C3H2N2O. The maximum Gasteiger partial charge on any atom is 0.338 e. The van der Waals surface area contributed by atoms with Crippen molar-refractivity contribution in [3.05, 3.63) is 22.9 Å². The Morgan fingerprint density at radius 1 is 1.33 bits per heavy atom. The Hall–Kier alpha value is -1.17. The summed E-state index contributed by atoms with van der Waals surface area (Å²) >= 11 is 0. The lowest BCUT2D eigenvalue weighted by atomic mass is 11.2. The van der Waals surface area contributed by atoms with Crippen LogP contribution in [0.5, 0.6) is 0 Å². The Labute approximate surface area is 34.0 Å². The number of hydrogen-bond acceptors (Lipinski definition) is 1. The van der Waals surface area contributed by atoms with E-state index in [9.17, 15) is 4.79 Å². The van der Waals surface area contributed by atoms with E-state index in [1.54, 1.807) is 0 Å². The van der Waals surface area contributed by atoms with Gasteiger partial charge in [-0.05, 0) is 0 Å². The first-order valence-electron chi connectivity index (χ1n) is 1.45. The van der Waals surface area contributed by atoms with Gasteiger partial charge in [0, 0.05) is 12.4 Å².